The van der Waals surface area contributed by atoms with Gasteiger partial charge in [0.15, 0.2) is 0 Å². The first-order chi connectivity index (χ1) is 12.7. The Morgan fingerprint density at radius 2 is 2.04 bits per heavy atom. The van der Waals surface area contributed by atoms with Crippen LogP contribution >= 0.6 is 0 Å². The number of anilines is 1. The summed E-state index contributed by atoms with van der Waals surface area (Å²) in [7, 11) is 0. The molecule has 10 nitrogen and oxygen atoms in total. The molecule has 4 heterocycles. The maximum absolute atomic E-state index is 12.5. The average Bonchev–Trinajstić information content (AvgIpc) is 3.32. The van der Waals surface area contributed by atoms with Gasteiger partial charge in [0, 0.05) is 18.6 Å². The third-order valence-corrected chi connectivity index (χ3v) is 3.56. The minimum Gasteiger partial charge on any atom is -0.431 e. The summed E-state index contributed by atoms with van der Waals surface area (Å²) in [6.45, 7) is 1.91. The van der Waals surface area contributed by atoms with Gasteiger partial charge in [-0.1, -0.05) is 6.07 Å². The number of carbonyl (C=O) groups is 1. The van der Waals surface area contributed by atoms with E-state index in [0.29, 0.717) is 17.1 Å². The predicted octanol–water partition coefficient (Wildman–Crippen LogP) is 1.67. The largest absolute Gasteiger partial charge is 0.431 e. The average molecular weight is 348 g/mol. The fraction of sp³-hybridized carbons (Fsp3) is 0.0625. The molecule has 0 fully saturated rings. The van der Waals surface area contributed by atoms with Crippen molar-refractivity contribution in [1.82, 2.24) is 35.2 Å². The summed E-state index contributed by atoms with van der Waals surface area (Å²) in [4.78, 5) is 24.9. The highest BCUT2D eigenvalue weighted by molar-refractivity contribution is 6.00. The van der Waals surface area contributed by atoms with Crippen LogP contribution < -0.4 is 5.32 Å². The van der Waals surface area contributed by atoms with Crippen molar-refractivity contribution in [3.63, 3.8) is 0 Å². The minimum absolute atomic E-state index is 0.00929. The maximum atomic E-state index is 12.5. The first kappa shape index (κ1) is 15.6. The van der Waals surface area contributed by atoms with E-state index in [-0.39, 0.29) is 11.8 Å². The topological polar surface area (TPSA) is 125 Å². The molecule has 0 aliphatic rings. The number of nitrogens with one attached hydrogen (secondary N) is 1. The molecular weight excluding hydrogens is 336 g/mol. The Balaban J connectivity index is 1.57. The van der Waals surface area contributed by atoms with Crippen LogP contribution in [0.25, 0.3) is 17.1 Å². The Kier molecular flexibility index (Phi) is 3.90. The van der Waals surface area contributed by atoms with Crippen LogP contribution in [0.5, 0.6) is 0 Å². The van der Waals surface area contributed by atoms with E-state index in [9.17, 15) is 4.79 Å². The molecule has 0 bridgehead atoms. The number of amides is 1. The Morgan fingerprint density at radius 1 is 1.19 bits per heavy atom. The highest BCUT2D eigenvalue weighted by atomic mass is 16.4. The SMILES string of the molecule is Cc1cccnc1-c1coc(NC(=O)c2nnnn2-c2ccncc2)n1. The van der Waals surface area contributed by atoms with Gasteiger partial charge in [-0.3, -0.25) is 20.1 Å². The molecule has 128 valence electrons. The molecule has 0 aliphatic heterocycles. The number of rotatable bonds is 4. The monoisotopic (exact) mass is 348 g/mol. The van der Waals surface area contributed by atoms with Gasteiger partial charge in [0.2, 0.25) is 5.82 Å². The molecule has 26 heavy (non-hydrogen) atoms. The Labute approximate surface area is 146 Å². The number of aromatic nitrogens is 7. The second-order valence-electron chi connectivity index (χ2n) is 5.28. The lowest BCUT2D eigenvalue weighted by molar-refractivity contribution is 0.101. The van der Waals surface area contributed by atoms with Gasteiger partial charge in [-0.05, 0) is 41.1 Å². The number of tetrazole rings is 1. The highest BCUT2D eigenvalue weighted by Gasteiger charge is 2.19. The summed E-state index contributed by atoms with van der Waals surface area (Å²) in [6, 6.07) is 7.14. The smallest absolute Gasteiger partial charge is 0.302 e. The number of hydrogen-bond acceptors (Lipinski definition) is 8. The zero-order chi connectivity index (χ0) is 17.9. The van der Waals surface area contributed by atoms with Crippen molar-refractivity contribution in [3.8, 4) is 17.1 Å². The maximum Gasteiger partial charge on any atom is 0.302 e. The molecule has 1 N–H and O–H groups in total. The van der Waals surface area contributed by atoms with E-state index in [4.69, 9.17) is 4.42 Å². The normalized spacial score (nSPS) is 10.7. The quantitative estimate of drug-likeness (QED) is 0.590. The van der Waals surface area contributed by atoms with Crippen LogP contribution in [-0.4, -0.2) is 41.1 Å². The summed E-state index contributed by atoms with van der Waals surface area (Å²) in [5.74, 6) is -0.567. The van der Waals surface area contributed by atoms with Crippen molar-refractivity contribution in [3.05, 3.63) is 60.5 Å². The number of hydrogen-bond donors (Lipinski definition) is 1. The number of aryl methyl sites for hydroxylation is 1. The molecule has 0 radical (unpaired) electrons. The predicted molar refractivity (Wildman–Crippen MR) is 89.4 cm³/mol. The number of oxazole rings is 1. The van der Waals surface area contributed by atoms with Gasteiger partial charge >= 0.3 is 6.01 Å². The number of carbonyl (C=O) groups excluding carboxylic acids is 1. The van der Waals surface area contributed by atoms with Crippen molar-refractivity contribution >= 4 is 11.9 Å². The second kappa shape index (κ2) is 6.51. The molecular formula is C16H12N8O2. The standard InChI is InChI=1S/C16H12N8O2/c1-10-3-2-6-18-13(10)12-9-26-16(19-12)20-15(25)14-21-22-23-24(14)11-4-7-17-8-5-11/h2-9H,1H3,(H,19,20,25). The van der Waals surface area contributed by atoms with Crippen LogP contribution in [-0.2, 0) is 0 Å². The van der Waals surface area contributed by atoms with E-state index in [0.717, 1.165) is 5.56 Å². The van der Waals surface area contributed by atoms with E-state index >= 15 is 0 Å². The summed E-state index contributed by atoms with van der Waals surface area (Å²) >= 11 is 0. The molecule has 0 aliphatic carbocycles. The first-order valence-corrected chi connectivity index (χ1v) is 7.60. The van der Waals surface area contributed by atoms with Crippen LogP contribution in [0, 0.1) is 6.92 Å². The van der Waals surface area contributed by atoms with Crippen LogP contribution in [0.2, 0.25) is 0 Å². The van der Waals surface area contributed by atoms with Gasteiger partial charge in [-0.15, -0.1) is 5.10 Å². The molecule has 1 amide bonds. The lowest BCUT2D eigenvalue weighted by Gasteiger charge is -2.03. The van der Waals surface area contributed by atoms with E-state index in [1.165, 1.54) is 10.9 Å². The lowest BCUT2D eigenvalue weighted by atomic mass is 10.2. The van der Waals surface area contributed by atoms with Crippen molar-refractivity contribution in [1.29, 1.82) is 0 Å². The molecule has 4 rings (SSSR count). The van der Waals surface area contributed by atoms with Crippen molar-refractivity contribution in [2.45, 2.75) is 6.92 Å². The highest BCUT2D eigenvalue weighted by Crippen LogP contribution is 2.21. The Hall–Kier alpha value is -3.95. The molecule has 10 heteroatoms. The molecule has 4 aromatic heterocycles. The van der Waals surface area contributed by atoms with Gasteiger partial charge in [0.1, 0.15) is 12.0 Å². The van der Waals surface area contributed by atoms with E-state index in [2.05, 4.69) is 35.8 Å². The van der Waals surface area contributed by atoms with Gasteiger partial charge in [-0.25, -0.2) is 0 Å². The summed E-state index contributed by atoms with van der Waals surface area (Å²) in [5, 5.41) is 13.7. The molecule has 4 aromatic rings. The lowest BCUT2D eigenvalue weighted by Crippen LogP contribution is -2.18. The van der Waals surface area contributed by atoms with Gasteiger partial charge < -0.3 is 4.42 Å². The fourth-order valence-electron chi connectivity index (χ4n) is 2.33. The van der Waals surface area contributed by atoms with Crippen LogP contribution in [0.3, 0.4) is 0 Å². The fourth-order valence-corrected chi connectivity index (χ4v) is 2.33. The molecule has 0 atom stereocenters. The third-order valence-electron chi connectivity index (χ3n) is 3.56. The van der Waals surface area contributed by atoms with Gasteiger partial charge in [0.25, 0.3) is 5.91 Å². The van der Waals surface area contributed by atoms with Crippen molar-refractivity contribution in [2.75, 3.05) is 5.32 Å². The molecule has 0 aromatic carbocycles. The third kappa shape index (κ3) is 2.90. The van der Waals surface area contributed by atoms with Gasteiger partial charge in [-0.2, -0.15) is 9.67 Å². The van der Waals surface area contributed by atoms with E-state index in [1.807, 2.05) is 19.1 Å². The summed E-state index contributed by atoms with van der Waals surface area (Å²) in [5.41, 5.74) is 2.75. The van der Waals surface area contributed by atoms with Crippen molar-refractivity contribution < 1.29 is 9.21 Å². The van der Waals surface area contributed by atoms with E-state index in [1.54, 1.807) is 30.7 Å². The first-order valence-electron chi connectivity index (χ1n) is 7.60. The van der Waals surface area contributed by atoms with Crippen molar-refractivity contribution in [2.24, 2.45) is 0 Å². The van der Waals surface area contributed by atoms with E-state index < -0.39 is 5.91 Å². The van der Waals surface area contributed by atoms with Gasteiger partial charge in [0.05, 0.1) is 11.4 Å². The Bertz CT molecular complexity index is 1060. The molecule has 0 saturated carbocycles. The van der Waals surface area contributed by atoms with Crippen LogP contribution in [0.15, 0.2) is 53.5 Å². The Morgan fingerprint density at radius 3 is 2.85 bits per heavy atom. The van der Waals surface area contributed by atoms with Crippen LogP contribution in [0.4, 0.5) is 6.01 Å². The number of nitrogens with zero attached hydrogens (tertiary/aromatic N) is 7. The number of pyridine rings is 2. The molecule has 0 saturated heterocycles. The zero-order valence-corrected chi connectivity index (χ0v) is 13.6. The minimum atomic E-state index is -0.557. The van der Waals surface area contributed by atoms with Crippen LogP contribution in [0.1, 0.15) is 16.2 Å². The summed E-state index contributed by atoms with van der Waals surface area (Å²) in [6.07, 6.45) is 6.25. The molecule has 0 unspecified atom stereocenters. The second-order valence-corrected chi connectivity index (χ2v) is 5.28. The summed E-state index contributed by atoms with van der Waals surface area (Å²) < 4.78 is 6.61. The zero-order valence-electron chi connectivity index (χ0n) is 13.6. The molecule has 0 spiro atoms.